The molecule has 2 fully saturated rings. The molecule has 27 heavy (non-hydrogen) atoms. The number of hydrogen-bond donors (Lipinski definition) is 1. The molecule has 3 atom stereocenters. The van der Waals surface area contributed by atoms with Gasteiger partial charge in [0.05, 0.1) is 25.3 Å². The van der Waals surface area contributed by atoms with Gasteiger partial charge in [0.25, 0.3) is 0 Å². The first kappa shape index (κ1) is 19.7. The van der Waals surface area contributed by atoms with Gasteiger partial charge >= 0.3 is 0 Å². The summed E-state index contributed by atoms with van der Waals surface area (Å²) < 4.78 is 7.07. The highest BCUT2D eigenvalue weighted by atomic mass is 35.5. The third kappa shape index (κ3) is 3.82. The number of aryl methyl sites for hydroxylation is 1. The van der Waals surface area contributed by atoms with Gasteiger partial charge in [0, 0.05) is 38.8 Å². The van der Waals surface area contributed by atoms with Gasteiger partial charge in [0.15, 0.2) is 0 Å². The van der Waals surface area contributed by atoms with Crippen LogP contribution in [0, 0.1) is 5.92 Å². The van der Waals surface area contributed by atoms with E-state index in [1.54, 1.807) is 7.11 Å². The van der Waals surface area contributed by atoms with Crippen molar-refractivity contribution < 1.29 is 9.53 Å². The van der Waals surface area contributed by atoms with E-state index in [0.717, 1.165) is 43.8 Å². The molecule has 1 aromatic carbocycles. The maximum absolute atomic E-state index is 13.4. The molecule has 1 amide bonds. The topological polar surface area (TPSA) is 59.4 Å². The first-order valence-electron chi connectivity index (χ1n) is 9.31. The van der Waals surface area contributed by atoms with Crippen LogP contribution in [0.4, 0.5) is 0 Å². The zero-order chi connectivity index (χ0) is 18.1. The largest absolute Gasteiger partial charge is 0.497 e. The fraction of sp³-hybridized carbons (Fsp3) is 0.500. The highest BCUT2D eigenvalue weighted by molar-refractivity contribution is 5.85. The molecule has 2 aliphatic rings. The molecule has 0 spiro atoms. The molecule has 0 bridgehead atoms. The lowest BCUT2D eigenvalue weighted by Gasteiger charge is -2.29. The van der Waals surface area contributed by atoms with E-state index in [-0.39, 0.29) is 36.2 Å². The highest BCUT2D eigenvalue weighted by Crippen LogP contribution is 2.37. The maximum Gasteiger partial charge on any atom is 0.228 e. The second kappa shape index (κ2) is 8.31. The Morgan fingerprint density at radius 3 is 2.67 bits per heavy atom. The maximum atomic E-state index is 13.4. The Balaban J connectivity index is 0.00000210. The minimum atomic E-state index is -0.0157. The monoisotopic (exact) mass is 390 g/mol. The summed E-state index contributed by atoms with van der Waals surface area (Å²) in [4.78, 5) is 15.5. The van der Waals surface area contributed by atoms with Gasteiger partial charge in [-0.3, -0.25) is 9.48 Å². The number of aromatic nitrogens is 2. The molecule has 1 N–H and O–H groups in total. The fourth-order valence-electron chi connectivity index (χ4n) is 4.34. The number of amides is 1. The summed E-state index contributed by atoms with van der Waals surface area (Å²) >= 11 is 0. The number of nitrogens with one attached hydrogen (secondary N) is 1. The number of ether oxygens (including phenoxy) is 1. The van der Waals surface area contributed by atoms with Crippen molar-refractivity contribution in [1.29, 1.82) is 0 Å². The molecule has 3 heterocycles. The number of rotatable bonds is 4. The average Bonchev–Trinajstić information content (AvgIpc) is 3.41. The smallest absolute Gasteiger partial charge is 0.228 e. The van der Waals surface area contributed by atoms with Gasteiger partial charge in [0.1, 0.15) is 5.75 Å². The SMILES string of the molecule is COc1ccc(C2CCCN2C(=O)[C@H]2CNC[C@@H]2c2cnn(C)c2)cc1.Cl. The second-order valence-electron chi connectivity index (χ2n) is 7.28. The van der Waals surface area contributed by atoms with Crippen LogP contribution in [0.25, 0.3) is 0 Å². The van der Waals surface area contributed by atoms with Crippen LogP contribution in [0.2, 0.25) is 0 Å². The number of nitrogens with zero attached hydrogens (tertiary/aromatic N) is 3. The molecule has 1 aromatic heterocycles. The minimum Gasteiger partial charge on any atom is -0.497 e. The third-order valence-corrected chi connectivity index (χ3v) is 5.72. The van der Waals surface area contributed by atoms with Crippen molar-refractivity contribution in [2.45, 2.75) is 24.8 Å². The summed E-state index contributed by atoms with van der Waals surface area (Å²) in [6, 6.07) is 8.29. The molecule has 4 rings (SSSR count). The Labute approximate surface area is 166 Å². The van der Waals surface area contributed by atoms with Gasteiger partial charge < -0.3 is 15.0 Å². The Bertz CT molecular complexity index is 777. The van der Waals surface area contributed by atoms with Crippen LogP contribution in [0.15, 0.2) is 36.7 Å². The van der Waals surface area contributed by atoms with E-state index in [4.69, 9.17) is 4.74 Å². The first-order chi connectivity index (χ1) is 12.7. The summed E-state index contributed by atoms with van der Waals surface area (Å²) in [5.74, 6) is 1.30. The molecule has 0 radical (unpaired) electrons. The van der Waals surface area contributed by atoms with Crippen molar-refractivity contribution >= 4 is 18.3 Å². The van der Waals surface area contributed by atoms with E-state index >= 15 is 0 Å². The third-order valence-electron chi connectivity index (χ3n) is 5.72. The van der Waals surface area contributed by atoms with Crippen LogP contribution in [-0.2, 0) is 11.8 Å². The zero-order valence-corrected chi connectivity index (χ0v) is 16.6. The molecule has 7 heteroatoms. The van der Waals surface area contributed by atoms with Gasteiger partial charge in [-0.15, -0.1) is 12.4 Å². The lowest BCUT2D eigenvalue weighted by molar-refractivity contribution is -0.136. The van der Waals surface area contributed by atoms with E-state index in [1.807, 2.05) is 36.3 Å². The number of carbonyl (C=O) groups is 1. The first-order valence-corrected chi connectivity index (χ1v) is 9.31. The molecular weight excluding hydrogens is 364 g/mol. The van der Waals surface area contributed by atoms with E-state index < -0.39 is 0 Å². The van der Waals surface area contributed by atoms with Crippen molar-refractivity contribution in [3.05, 3.63) is 47.8 Å². The summed E-state index contributed by atoms with van der Waals surface area (Å²) in [6.07, 6.45) is 6.00. The van der Waals surface area contributed by atoms with E-state index in [0.29, 0.717) is 0 Å². The van der Waals surface area contributed by atoms with Crippen LogP contribution in [-0.4, -0.2) is 47.3 Å². The number of hydrogen-bond acceptors (Lipinski definition) is 4. The minimum absolute atomic E-state index is 0. The lowest BCUT2D eigenvalue weighted by atomic mass is 9.89. The van der Waals surface area contributed by atoms with Gasteiger partial charge in [-0.1, -0.05) is 12.1 Å². The molecular formula is C20H27ClN4O2. The average molecular weight is 391 g/mol. The fourth-order valence-corrected chi connectivity index (χ4v) is 4.34. The Morgan fingerprint density at radius 2 is 2.00 bits per heavy atom. The predicted octanol–water partition coefficient (Wildman–Crippen LogP) is 2.52. The molecule has 2 aromatic rings. The van der Waals surface area contributed by atoms with Crippen molar-refractivity contribution in [2.75, 3.05) is 26.7 Å². The van der Waals surface area contributed by atoms with Gasteiger partial charge in [-0.25, -0.2) is 0 Å². The van der Waals surface area contributed by atoms with Gasteiger partial charge in [-0.2, -0.15) is 5.10 Å². The number of likely N-dealkylation sites (tertiary alicyclic amines) is 1. The van der Waals surface area contributed by atoms with Crippen molar-refractivity contribution in [1.82, 2.24) is 20.0 Å². The Morgan fingerprint density at radius 1 is 1.22 bits per heavy atom. The molecule has 2 saturated heterocycles. The van der Waals surface area contributed by atoms with E-state index in [1.165, 1.54) is 5.56 Å². The summed E-state index contributed by atoms with van der Waals surface area (Å²) in [5, 5.41) is 7.69. The zero-order valence-electron chi connectivity index (χ0n) is 15.8. The number of methoxy groups -OCH3 is 1. The van der Waals surface area contributed by atoms with Crippen molar-refractivity contribution in [3.8, 4) is 5.75 Å². The Kier molecular flexibility index (Phi) is 6.07. The highest BCUT2D eigenvalue weighted by Gasteiger charge is 2.40. The quantitative estimate of drug-likeness (QED) is 0.871. The molecule has 0 saturated carbocycles. The summed E-state index contributed by atoms with van der Waals surface area (Å²) in [7, 11) is 3.59. The van der Waals surface area contributed by atoms with E-state index in [2.05, 4.69) is 27.4 Å². The van der Waals surface area contributed by atoms with Gasteiger partial charge in [-0.05, 0) is 36.1 Å². The van der Waals surface area contributed by atoms with Crippen LogP contribution < -0.4 is 10.1 Å². The number of benzene rings is 1. The lowest BCUT2D eigenvalue weighted by Crippen LogP contribution is -2.38. The van der Waals surface area contributed by atoms with Gasteiger partial charge in [0.2, 0.25) is 5.91 Å². The van der Waals surface area contributed by atoms with Crippen LogP contribution >= 0.6 is 12.4 Å². The van der Waals surface area contributed by atoms with Crippen LogP contribution in [0.3, 0.4) is 0 Å². The number of carbonyl (C=O) groups excluding carboxylic acids is 1. The second-order valence-corrected chi connectivity index (χ2v) is 7.28. The van der Waals surface area contributed by atoms with Crippen LogP contribution in [0.5, 0.6) is 5.75 Å². The molecule has 2 aliphatic heterocycles. The molecule has 6 nitrogen and oxygen atoms in total. The van der Waals surface area contributed by atoms with Crippen molar-refractivity contribution in [2.24, 2.45) is 13.0 Å². The molecule has 1 unspecified atom stereocenters. The van der Waals surface area contributed by atoms with E-state index in [9.17, 15) is 4.79 Å². The van der Waals surface area contributed by atoms with Crippen LogP contribution in [0.1, 0.15) is 35.9 Å². The summed E-state index contributed by atoms with van der Waals surface area (Å²) in [5.41, 5.74) is 2.34. The van der Waals surface area contributed by atoms with Crippen molar-refractivity contribution in [3.63, 3.8) is 0 Å². The Hall–Kier alpha value is -2.05. The normalized spacial score (nSPS) is 24.7. The predicted molar refractivity (Wildman–Crippen MR) is 106 cm³/mol. The molecule has 146 valence electrons. The molecule has 0 aliphatic carbocycles. The standard InChI is InChI=1S/C20H26N4O2.ClH/c1-23-13-15(10-22-23)17-11-21-12-18(17)20(25)24-9-3-4-19(24)14-5-7-16(26-2)8-6-14;/h5-8,10,13,17-19,21H,3-4,9,11-12H2,1-2H3;1H/t17-,18+,19?;/m1./s1. The summed E-state index contributed by atoms with van der Waals surface area (Å²) in [6.45, 7) is 2.42. The number of halogens is 1.